The predicted molar refractivity (Wildman–Crippen MR) is 80.5 cm³/mol. The van der Waals surface area contributed by atoms with Gasteiger partial charge in [-0.25, -0.2) is 4.68 Å². The van der Waals surface area contributed by atoms with Gasteiger partial charge in [0.05, 0.1) is 11.5 Å². The van der Waals surface area contributed by atoms with E-state index in [2.05, 4.69) is 10.4 Å². The number of aliphatic hydroxyl groups excluding tert-OH is 1. The summed E-state index contributed by atoms with van der Waals surface area (Å²) in [5.41, 5.74) is 0.295. The Balaban J connectivity index is 2.27. The number of rotatable bonds is 6. The molecular formula is C14H24N4O3. The van der Waals surface area contributed by atoms with Crippen LogP contribution in [0, 0.1) is 22.5 Å². The van der Waals surface area contributed by atoms with Crippen molar-refractivity contribution in [3.63, 3.8) is 0 Å². The minimum atomic E-state index is -0.385. The minimum Gasteiger partial charge on any atom is -0.396 e. The van der Waals surface area contributed by atoms with Crippen molar-refractivity contribution in [2.24, 2.45) is 5.41 Å². The summed E-state index contributed by atoms with van der Waals surface area (Å²) in [6, 6.07) is 0.0357. The van der Waals surface area contributed by atoms with Crippen molar-refractivity contribution in [1.29, 1.82) is 0 Å². The maximum Gasteiger partial charge on any atom is 0.333 e. The third-order valence-electron chi connectivity index (χ3n) is 4.36. The number of nitrogens with zero attached hydrogens (tertiary/aromatic N) is 3. The summed E-state index contributed by atoms with van der Waals surface area (Å²) in [5, 5.41) is 28.4. The number of aromatic nitrogens is 2. The van der Waals surface area contributed by atoms with Crippen molar-refractivity contribution in [3.05, 3.63) is 15.8 Å². The maximum atomic E-state index is 11.3. The number of nitro groups is 1. The van der Waals surface area contributed by atoms with Gasteiger partial charge in [-0.3, -0.25) is 10.1 Å². The topological polar surface area (TPSA) is 93.2 Å². The first kappa shape index (κ1) is 15.8. The van der Waals surface area contributed by atoms with Gasteiger partial charge in [-0.05, 0) is 33.6 Å². The molecule has 1 heterocycles. The van der Waals surface area contributed by atoms with E-state index < -0.39 is 0 Å². The fraction of sp³-hybridized carbons (Fsp3) is 0.786. The van der Waals surface area contributed by atoms with Gasteiger partial charge in [0.1, 0.15) is 5.69 Å². The van der Waals surface area contributed by atoms with Crippen molar-refractivity contribution in [2.45, 2.75) is 52.5 Å². The van der Waals surface area contributed by atoms with Crippen LogP contribution >= 0.6 is 0 Å². The van der Waals surface area contributed by atoms with Crippen LogP contribution in [0.2, 0.25) is 0 Å². The molecule has 0 aromatic carbocycles. The van der Waals surface area contributed by atoms with E-state index in [1.165, 1.54) is 0 Å². The Kier molecular flexibility index (Phi) is 4.51. The van der Waals surface area contributed by atoms with Crippen LogP contribution in [-0.4, -0.2) is 33.0 Å². The summed E-state index contributed by atoms with van der Waals surface area (Å²) in [7, 11) is 0. The molecule has 0 saturated heterocycles. The third-order valence-corrected chi connectivity index (χ3v) is 4.36. The third kappa shape index (κ3) is 3.02. The molecular weight excluding hydrogens is 272 g/mol. The first-order valence-electron chi connectivity index (χ1n) is 7.48. The molecule has 1 saturated carbocycles. The highest BCUT2D eigenvalue weighted by Crippen LogP contribution is 2.39. The Hall–Kier alpha value is -1.63. The number of aliphatic hydroxyl groups is 1. The van der Waals surface area contributed by atoms with Crippen LogP contribution in [-0.2, 0) is 0 Å². The molecule has 1 aromatic heterocycles. The van der Waals surface area contributed by atoms with Crippen molar-refractivity contribution >= 4 is 11.5 Å². The van der Waals surface area contributed by atoms with Crippen molar-refractivity contribution in [1.82, 2.24) is 9.78 Å². The number of aryl methyl sites for hydroxylation is 1. The van der Waals surface area contributed by atoms with Gasteiger partial charge >= 0.3 is 5.69 Å². The summed E-state index contributed by atoms with van der Waals surface area (Å²) < 4.78 is 1.66. The Morgan fingerprint density at radius 2 is 2.10 bits per heavy atom. The van der Waals surface area contributed by atoms with Gasteiger partial charge in [-0.15, -0.1) is 0 Å². The zero-order chi connectivity index (χ0) is 15.6. The van der Waals surface area contributed by atoms with Crippen molar-refractivity contribution in [2.75, 3.05) is 18.5 Å². The van der Waals surface area contributed by atoms with Gasteiger partial charge in [0.15, 0.2) is 0 Å². The minimum absolute atomic E-state index is 0.0357. The lowest BCUT2D eigenvalue weighted by molar-refractivity contribution is -0.384. The van der Waals surface area contributed by atoms with Gasteiger partial charge in [-0.2, -0.15) is 5.10 Å². The molecule has 1 aliphatic rings. The van der Waals surface area contributed by atoms with Gasteiger partial charge in [0, 0.05) is 18.0 Å². The second-order valence-electron chi connectivity index (χ2n) is 6.30. The Bertz CT molecular complexity index is 519. The average molecular weight is 296 g/mol. The van der Waals surface area contributed by atoms with Crippen LogP contribution in [0.3, 0.4) is 0 Å². The quantitative estimate of drug-likeness (QED) is 0.621. The number of hydrogen-bond donors (Lipinski definition) is 2. The van der Waals surface area contributed by atoms with Crippen LogP contribution in [0.15, 0.2) is 0 Å². The van der Waals surface area contributed by atoms with Crippen molar-refractivity contribution < 1.29 is 10.0 Å². The second kappa shape index (κ2) is 6.01. The Labute approximate surface area is 124 Å². The van der Waals surface area contributed by atoms with E-state index in [1.54, 1.807) is 11.6 Å². The van der Waals surface area contributed by atoms with Gasteiger partial charge in [0.25, 0.3) is 0 Å². The molecule has 0 amide bonds. The fourth-order valence-corrected chi connectivity index (χ4v) is 3.08. The summed E-state index contributed by atoms with van der Waals surface area (Å²) in [5.74, 6) is 0.451. The number of anilines is 1. The number of nitrogens with one attached hydrogen (secondary N) is 1. The normalized spacial score (nSPS) is 17.4. The molecule has 0 bridgehead atoms. The molecule has 0 aliphatic heterocycles. The van der Waals surface area contributed by atoms with E-state index in [0.717, 1.165) is 25.7 Å². The highest BCUT2D eigenvalue weighted by atomic mass is 16.6. The van der Waals surface area contributed by atoms with E-state index >= 15 is 0 Å². The smallest absolute Gasteiger partial charge is 0.333 e. The molecule has 0 unspecified atom stereocenters. The molecule has 0 radical (unpaired) electrons. The van der Waals surface area contributed by atoms with Crippen LogP contribution in [0.4, 0.5) is 11.5 Å². The summed E-state index contributed by atoms with van der Waals surface area (Å²) in [4.78, 5) is 10.9. The maximum absolute atomic E-state index is 11.3. The summed E-state index contributed by atoms with van der Waals surface area (Å²) >= 11 is 0. The molecule has 21 heavy (non-hydrogen) atoms. The predicted octanol–water partition coefficient (Wildman–Crippen LogP) is 2.65. The van der Waals surface area contributed by atoms with Gasteiger partial charge in [-0.1, -0.05) is 12.8 Å². The zero-order valence-electron chi connectivity index (χ0n) is 12.9. The zero-order valence-corrected chi connectivity index (χ0v) is 12.9. The molecule has 7 nitrogen and oxygen atoms in total. The highest BCUT2D eigenvalue weighted by Gasteiger charge is 2.35. The Morgan fingerprint density at radius 1 is 1.48 bits per heavy atom. The lowest BCUT2D eigenvalue weighted by atomic mass is 9.87. The first-order valence-corrected chi connectivity index (χ1v) is 7.48. The van der Waals surface area contributed by atoms with Crippen molar-refractivity contribution in [3.8, 4) is 0 Å². The molecule has 0 spiro atoms. The standard InChI is InChI=1S/C14H24N4O3/c1-10(2)17-13(12(18(20)21)11(3)16-17)15-8-14(9-19)6-4-5-7-14/h10,15,19H,4-9H2,1-3H3. The molecule has 1 aliphatic carbocycles. The van der Waals surface area contributed by atoms with Gasteiger partial charge in [0.2, 0.25) is 5.82 Å². The SMILES string of the molecule is Cc1nn(C(C)C)c(NCC2(CO)CCCC2)c1[N+](=O)[O-]. The average Bonchev–Trinajstić information content (AvgIpc) is 3.01. The lowest BCUT2D eigenvalue weighted by Crippen LogP contribution is -2.31. The van der Waals surface area contributed by atoms with Crippen LogP contribution < -0.4 is 5.32 Å². The molecule has 2 N–H and O–H groups in total. The molecule has 7 heteroatoms. The van der Waals surface area contributed by atoms with E-state index in [1.807, 2.05) is 13.8 Å². The van der Waals surface area contributed by atoms with Crippen LogP contribution in [0.1, 0.15) is 51.3 Å². The largest absolute Gasteiger partial charge is 0.396 e. The van der Waals surface area contributed by atoms with E-state index in [4.69, 9.17) is 0 Å². The number of hydrogen-bond acceptors (Lipinski definition) is 5. The summed E-state index contributed by atoms with van der Waals surface area (Å²) in [6.07, 6.45) is 4.12. The lowest BCUT2D eigenvalue weighted by Gasteiger charge is -2.27. The van der Waals surface area contributed by atoms with Crippen LogP contribution in [0.5, 0.6) is 0 Å². The molecule has 1 aromatic rings. The molecule has 1 fully saturated rings. The fourth-order valence-electron chi connectivity index (χ4n) is 3.08. The molecule has 0 atom stereocenters. The van der Waals surface area contributed by atoms with Gasteiger partial charge < -0.3 is 10.4 Å². The van der Waals surface area contributed by atoms with E-state index in [-0.39, 0.29) is 28.7 Å². The molecule has 118 valence electrons. The first-order chi connectivity index (χ1) is 9.90. The van der Waals surface area contributed by atoms with Crippen LogP contribution in [0.25, 0.3) is 0 Å². The van der Waals surface area contributed by atoms with E-state index in [0.29, 0.717) is 18.1 Å². The molecule has 2 rings (SSSR count). The Morgan fingerprint density at radius 3 is 2.57 bits per heavy atom. The highest BCUT2D eigenvalue weighted by molar-refractivity contribution is 5.59. The monoisotopic (exact) mass is 296 g/mol. The summed E-state index contributed by atoms with van der Waals surface area (Å²) in [6.45, 7) is 6.20. The van der Waals surface area contributed by atoms with E-state index in [9.17, 15) is 15.2 Å². The second-order valence-corrected chi connectivity index (χ2v) is 6.30.